The van der Waals surface area contributed by atoms with Crippen LogP contribution in [0.1, 0.15) is 110 Å². The molecule has 0 saturated heterocycles. The van der Waals surface area contributed by atoms with E-state index in [1.54, 1.807) is 0 Å². The number of unbranched alkanes of at least 4 members (excludes halogenated alkanes) is 11. The Labute approximate surface area is 221 Å². The first-order valence-electron chi connectivity index (χ1n) is 13.6. The zero-order valence-corrected chi connectivity index (χ0v) is 23.4. The fraction of sp³-hybridized carbons (Fsp3) is 0.880. The molecule has 0 aliphatic heterocycles. The minimum atomic E-state index is -4.71. The molecule has 0 fully saturated rings. The SMILES string of the molecule is CCCCCCCCCCCCCC(=O)NC(COP(=O)(O)OCC(O)COC(=O)CCCC)C(=O)O. The van der Waals surface area contributed by atoms with E-state index in [0.29, 0.717) is 12.8 Å². The van der Waals surface area contributed by atoms with Gasteiger partial charge in [0.25, 0.3) is 0 Å². The first-order valence-corrected chi connectivity index (χ1v) is 15.1. The molecule has 0 radical (unpaired) electrons. The van der Waals surface area contributed by atoms with E-state index in [0.717, 1.165) is 25.7 Å². The average Bonchev–Trinajstić information content (AvgIpc) is 2.85. The van der Waals surface area contributed by atoms with E-state index in [1.165, 1.54) is 44.9 Å². The van der Waals surface area contributed by atoms with Gasteiger partial charge in [0.05, 0.1) is 13.2 Å². The van der Waals surface area contributed by atoms with Crippen molar-refractivity contribution in [3.63, 3.8) is 0 Å². The number of hydrogen-bond acceptors (Lipinski definition) is 8. The normalized spacial score (nSPS) is 14.5. The number of aliphatic hydroxyl groups excluding tert-OH is 1. The summed E-state index contributed by atoms with van der Waals surface area (Å²) in [5.41, 5.74) is 0. The van der Waals surface area contributed by atoms with Crippen molar-refractivity contribution in [2.24, 2.45) is 0 Å². The molecule has 12 heteroatoms. The number of ether oxygens (including phenoxy) is 1. The van der Waals surface area contributed by atoms with Crippen molar-refractivity contribution in [3.05, 3.63) is 0 Å². The Balaban J connectivity index is 4.09. The molecule has 0 aliphatic rings. The van der Waals surface area contributed by atoms with E-state index in [9.17, 15) is 34.1 Å². The zero-order chi connectivity index (χ0) is 27.9. The standard InChI is InChI=1S/C25H48NO10P/c1-3-5-7-8-9-10-11-12-13-14-15-16-23(28)26-22(25(30)31)20-36-37(32,33)35-19-21(27)18-34-24(29)17-6-4-2/h21-22,27H,3-20H2,1-2H3,(H,26,28)(H,30,31)(H,32,33). The molecule has 0 saturated carbocycles. The highest BCUT2D eigenvalue weighted by atomic mass is 31.2. The predicted molar refractivity (Wildman–Crippen MR) is 139 cm³/mol. The summed E-state index contributed by atoms with van der Waals surface area (Å²) in [5, 5.41) is 21.3. The van der Waals surface area contributed by atoms with Gasteiger partial charge in [-0.3, -0.25) is 18.6 Å². The van der Waals surface area contributed by atoms with Gasteiger partial charge in [-0.15, -0.1) is 0 Å². The Hall–Kier alpha value is -1.52. The van der Waals surface area contributed by atoms with Crippen molar-refractivity contribution < 1.29 is 47.8 Å². The van der Waals surface area contributed by atoms with Gasteiger partial charge in [-0.2, -0.15) is 0 Å². The van der Waals surface area contributed by atoms with Crippen molar-refractivity contribution in [2.75, 3.05) is 19.8 Å². The van der Waals surface area contributed by atoms with E-state index >= 15 is 0 Å². The molecule has 1 amide bonds. The van der Waals surface area contributed by atoms with E-state index in [4.69, 9.17) is 4.74 Å². The van der Waals surface area contributed by atoms with E-state index in [-0.39, 0.29) is 12.8 Å². The molecule has 11 nitrogen and oxygen atoms in total. The highest BCUT2D eigenvalue weighted by Crippen LogP contribution is 2.43. The van der Waals surface area contributed by atoms with Crippen molar-refractivity contribution in [2.45, 2.75) is 122 Å². The van der Waals surface area contributed by atoms with Crippen LogP contribution in [0.15, 0.2) is 0 Å². The Kier molecular flexibility index (Phi) is 21.5. The van der Waals surface area contributed by atoms with Gasteiger partial charge in [0.15, 0.2) is 6.04 Å². The van der Waals surface area contributed by atoms with Crippen molar-refractivity contribution >= 4 is 25.7 Å². The average molecular weight is 554 g/mol. The number of carboxylic acid groups (broad SMARTS) is 1. The van der Waals surface area contributed by atoms with Crippen LogP contribution >= 0.6 is 7.82 Å². The number of carboxylic acids is 1. The highest BCUT2D eigenvalue weighted by molar-refractivity contribution is 7.47. The lowest BCUT2D eigenvalue weighted by atomic mass is 10.1. The quantitative estimate of drug-likeness (QED) is 0.0718. The number of amides is 1. The molecule has 37 heavy (non-hydrogen) atoms. The third-order valence-electron chi connectivity index (χ3n) is 5.65. The minimum Gasteiger partial charge on any atom is -0.480 e. The van der Waals surface area contributed by atoms with E-state index in [1.807, 2.05) is 6.92 Å². The number of aliphatic carboxylic acids is 1. The molecule has 0 aromatic carbocycles. The Morgan fingerprint density at radius 2 is 1.27 bits per heavy atom. The van der Waals surface area contributed by atoms with Crippen LogP contribution < -0.4 is 5.32 Å². The second-order valence-electron chi connectivity index (χ2n) is 9.24. The monoisotopic (exact) mass is 553 g/mol. The van der Waals surface area contributed by atoms with Crippen LogP contribution in [0.25, 0.3) is 0 Å². The molecule has 218 valence electrons. The molecular weight excluding hydrogens is 505 g/mol. The molecule has 4 N–H and O–H groups in total. The summed E-state index contributed by atoms with van der Waals surface area (Å²) >= 11 is 0. The van der Waals surface area contributed by atoms with Crippen LogP contribution in [0.2, 0.25) is 0 Å². The Morgan fingerprint density at radius 1 is 0.757 bits per heavy atom. The predicted octanol–water partition coefficient (Wildman–Crippen LogP) is 4.48. The second kappa shape index (κ2) is 22.5. The number of hydrogen-bond donors (Lipinski definition) is 4. The molecular formula is C25H48NO10P. The first kappa shape index (κ1) is 35.5. The number of carbonyl (C=O) groups is 3. The third kappa shape index (κ3) is 22.2. The lowest BCUT2D eigenvalue weighted by Gasteiger charge is -2.18. The van der Waals surface area contributed by atoms with Crippen LogP contribution in [0, 0.1) is 0 Å². The number of phosphoric ester groups is 1. The first-order chi connectivity index (χ1) is 17.6. The van der Waals surface area contributed by atoms with Crippen LogP contribution in [0.4, 0.5) is 0 Å². The van der Waals surface area contributed by atoms with Crippen LogP contribution in [0.5, 0.6) is 0 Å². The van der Waals surface area contributed by atoms with Gasteiger partial charge in [-0.05, 0) is 12.8 Å². The molecule has 0 heterocycles. The fourth-order valence-corrected chi connectivity index (χ4v) is 4.18. The zero-order valence-electron chi connectivity index (χ0n) is 22.5. The van der Waals surface area contributed by atoms with Crippen molar-refractivity contribution in [1.29, 1.82) is 0 Å². The molecule has 0 aliphatic carbocycles. The number of rotatable bonds is 25. The molecule has 0 spiro atoms. The largest absolute Gasteiger partial charge is 0.480 e. The van der Waals surface area contributed by atoms with Crippen LogP contribution in [0.3, 0.4) is 0 Å². The third-order valence-corrected chi connectivity index (χ3v) is 6.60. The number of phosphoric acid groups is 1. The highest BCUT2D eigenvalue weighted by Gasteiger charge is 2.28. The maximum Gasteiger partial charge on any atom is 0.472 e. The summed E-state index contributed by atoms with van der Waals surface area (Å²) in [5.74, 6) is -2.41. The lowest BCUT2D eigenvalue weighted by molar-refractivity contribution is -0.147. The van der Waals surface area contributed by atoms with Gasteiger partial charge in [0.1, 0.15) is 12.7 Å². The molecule has 0 rings (SSSR count). The maximum absolute atomic E-state index is 12.1. The van der Waals surface area contributed by atoms with Crippen LogP contribution in [-0.2, 0) is 32.7 Å². The number of nitrogens with one attached hydrogen (secondary N) is 1. The smallest absolute Gasteiger partial charge is 0.472 e. The number of carbonyl (C=O) groups excluding carboxylic acids is 2. The van der Waals surface area contributed by atoms with Gasteiger partial charge >= 0.3 is 19.8 Å². The summed E-state index contributed by atoms with van der Waals surface area (Å²) in [4.78, 5) is 44.6. The summed E-state index contributed by atoms with van der Waals surface area (Å²) in [7, 11) is -4.71. The number of esters is 1. The molecule has 0 aromatic heterocycles. The Morgan fingerprint density at radius 3 is 1.81 bits per heavy atom. The molecule has 0 aromatic rings. The summed E-state index contributed by atoms with van der Waals surface area (Å²) in [6.45, 7) is 2.23. The summed E-state index contributed by atoms with van der Waals surface area (Å²) in [6, 6.07) is -1.53. The molecule has 3 atom stereocenters. The fourth-order valence-electron chi connectivity index (χ4n) is 3.41. The molecule has 3 unspecified atom stereocenters. The maximum atomic E-state index is 12.1. The number of aliphatic hydroxyl groups is 1. The van der Waals surface area contributed by atoms with Crippen LogP contribution in [-0.4, -0.2) is 64.9 Å². The summed E-state index contributed by atoms with van der Waals surface area (Å²) < 4.78 is 26.1. The van der Waals surface area contributed by atoms with Gasteiger partial charge in [-0.25, -0.2) is 9.36 Å². The minimum absolute atomic E-state index is 0.150. The van der Waals surface area contributed by atoms with E-state index < -0.39 is 57.6 Å². The summed E-state index contributed by atoms with van der Waals surface area (Å²) in [6.07, 6.45) is 12.9. The topological polar surface area (TPSA) is 169 Å². The van der Waals surface area contributed by atoms with Crippen molar-refractivity contribution in [1.82, 2.24) is 5.32 Å². The van der Waals surface area contributed by atoms with Gasteiger partial charge in [0.2, 0.25) is 5.91 Å². The van der Waals surface area contributed by atoms with Gasteiger partial charge in [-0.1, -0.05) is 84.5 Å². The second-order valence-corrected chi connectivity index (χ2v) is 10.7. The molecule has 0 bridgehead atoms. The van der Waals surface area contributed by atoms with E-state index in [2.05, 4.69) is 21.3 Å². The lowest BCUT2D eigenvalue weighted by Crippen LogP contribution is -2.43. The Bertz CT molecular complexity index is 676. The van der Waals surface area contributed by atoms with Crippen molar-refractivity contribution in [3.8, 4) is 0 Å². The van der Waals surface area contributed by atoms with Gasteiger partial charge in [0, 0.05) is 12.8 Å². The van der Waals surface area contributed by atoms with Gasteiger partial charge < -0.3 is 25.2 Å².